The lowest BCUT2D eigenvalue weighted by atomic mass is 9.80. The summed E-state index contributed by atoms with van der Waals surface area (Å²) in [5.41, 5.74) is 19.2. The second kappa shape index (κ2) is 29.6. The van der Waals surface area contributed by atoms with Gasteiger partial charge in [-0.1, -0.05) is 167 Å². The standard InChI is InChI=1S/C19H20N2.C16H22N2.C16H21N.C14H18N2.4C2H6/c1-14-19-17(16-10-6-7-11-18(16)20(19)2)12-13-21(14)15-8-4-3-5-9-15;1-4-10-18-11-9-14-13-7-5-6-8-15(13)17(3)16(14)12(18)2;1-11(2)12-8-9-16-14(10-12)13-6-4-5-7-15(13)17(16)3;1-10-14-12(8-9-15(10)2)11-6-4-5-7-13(11)16(14)3;4*1-2/h3-11,14H,12-13H2,1-2H3;5-8,12H,4,9-11H2,1-3H3;4-7,11-12H,8-10H2,1-3H3;4-7,10H,8-9H2,1-3H3;4*1-2H3. The molecule has 13 rings (SSSR count). The van der Waals surface area contributed by atoms with Gasteiger partial charge < -0.3 is 23.2 Å². The number of aromatic nitrogens is 4. The number of anilines is 1. The van der Waals surface area contributed by atoms with Gasteiger partial charge in [0.2, 0.25) is 0 Å². The highest BCUT2D eigenvalue weighted by Crippen LogP contribution is 2.41. The quantitative estimate of drug-likeness (QED) is 0.176. The number of fused-ring (bicyclic) bond motifs is 12. The Kier molecular flexibility index (Phi) is 23.4. The van der Waals surface area contributed by atoms with E-state index >= 15 is 0 Å². The number of aryl methyl sites for hydroxylation is 4. The molecule has 0 fully saturated rings. The molecule has 4 unspecified atom stereocenters. The Morgan fingerprint density at radius 3 is 1.27 bits per heavy atom. The Bertz CT molecular complexity index is 3320. The van der Waals surface area contributed by atoms with Gasteiger partial charge in [-0.05, 0) is 150 Å². The third-order valence-electron chi connectivity index (χ3n) is 17.7. The monoisotopic (exact) mass is 1080 g/mol. The maximum Gasteiger partial charge on any atom is 0.0668 e. The van der Waals surface area contributed by atoms with Gasteiger partial charge in [0.25, 0.3) is 0 Å². The minimum absolute atomic E-state index is 0.411. The molecule has 7 nitrogen and oxygen atoms in total. The van der Waals surface area contributed by atoms with E-state index in [2.05, 4.69) is 237 Å². The largest absolute Gasteiger partial charge is 0.363 e. The minimum atomic E-state index is 0.411. The number of nitrogens with zero attached hydrogens (tertiary/aromatic N) is 7. The van der Waals surface area contributed by atoms with Crippen LogP contribution >= 0.6 is 0 Å². The van der Waals surface area contributed by atoms with Gasteiger partial charge >= 0.3 is 0 Å². The Hall–Kier alpha value is -6.02. The van der Waals surface area contributed by atoms with Crippen molar-refractivity contribution in [3.63, 3.8) is 0 Å². The highest BCUT2D eigenvalue weighted by Gasteiger charge is 2.31. The topological polar surface area (TPSA) is 29.4 Å². The third-order valence-corrected chi connectivity index (χ3v) is 17.7. The lowest BCUT2D eigenvalue weighted by Gasteiger charge is -2.36. The van der Waals surface area contributed by atoms with Crippen LogP contribution in [0.4, 0.5) is 5.69 Å². The van der Waals surface area contributed by atoms with Gasteiger partial charge in [0.1, 0.15) is 0 Å². The molecule has 4 aliphatic rings. The number of benzene rings is 5. The van der Waals surface area contributed by atoms with Crippen molar-refractivity contribution in [3.8, 4) is 0 Å². The molecule has 0 saturated carbocycles. The van der Waals surface area contributed by atoms with Gasteiger partial charge in [-0.2, -0.15) is 0 Å². The minimum Gasteiger partial charge on any atom is -0.363 e. The number of hydrogen-bond donors (Lipinski definition) is 0. The molecule has 7 heterocycles. The van der Waals surface area contributed by atoms with Crippen LogP contribution in [0.3, 0.4) is 0 Å². The maximum atomic E-state index is 2.61. The van der Waals surface area contributed by atoms with Crippen LogP contribution in [0, 0.1) is 11.8 Å². The van der Waals surface area contributed by atoms with E-state index < -0.39 is 0 Å². The summed E-state index contributed by atoms with van der Waals surface area (Å²) < 4.78 is 9.55. The van der Waals surface area contributed by atoms with E-state index in [0.29, 0.717) is 18.1 Å². The first-order valence-electron chi connectivity index (χ1n) is 31.4. The summed E-state index contributed by atoms with van der Waals surface area (Å²) >= 11 is 0. The van der Waals surface area contributed by atoms with E-state index in [0.717, 1.165) is 24.8 Å². The molecule has 0 radical (unpaired) electrons. The fourth-order valence-electron chi connectivity index (χ4n) is 13.6. The zero-order chi connectivity index (χ0) is 58.4. The smallest absolute Gasteiger partial charge is 0.0668 e. The molecule has 80 heavy (non-hydrogen) atoms. The summed E-state index contributed by atoms with van der Waals surface area (Å²) in [6.45, 7) is 34.6. The highest BCUT2D eigenvalue weighted by atomic mass is 15.2. The average molecular weight is 1080 g/mol. The van der Waals surface area contributed by atoms with Crippen molar-refractivity contribution in [1.29, 1.82) is 0 Å². The molecule has 0 N–H and O–H groups in total. The van der Waals surface area contributed by atoms with Crippen LogP contribution in [0.5, 0.6) is 0 Å². The van der Waals surface area contributed by atoms with E-state index in [4.69, 9.17) is 0 Å². The van der Waals surface area contributed by atoms with Crippen LogP contribution in [-0.4, -0.2) is 61.3 Å². The first kappa shape index (κ1) is 63.2. The molecule has 0 spiro atoms. The predicted molar refractivity (Wildman–Crippen MR) is 352 cm³/mol. The van der Waals surface area contributed by atoms with Crippen LogP contribution in [0.1, 0.15) is 173 Å². The van der Waals surface area contributed by atoms with Crippen molar-refractivity contribution >= 4 is 49.3 Å². The molecular formula is C73H105N7. The highest BCUT2D eigenvalue weighted by molar-refractivity contribution is 5.88. The zero-order valence-electron chi connectivity index (χ0n) is 53.4. The zero-order valence-corrected chi connectivity index (χ0v) is 53.4. The molecular weight excluding hydrogens is 975 g/mol. The molecule has 7 heteroatoms. The number of rotatable bonds is 4. The molecule has 0 amide bonds. The summed E-state index contributed by atoms with van der Waals surface area (Å²) in [5, 5.41) is 5.81. The summed E-state index contributed by atoms with van der Waals surface area (Å²) in [6, 6.07) is 47.4. The van der Waals surface area contributed by atoms with Crippen molar-refractivity contribution in [1.82, 2.24) is 28.1 Å². The average Bonchev–Trinajstić information content (AvgIpc) is 4.35. The van der Waals surface area contributed by atoms with E-state index in [1.807, 2.05) is 55.4 Å². The number of para-hydroxylation sites is 5. The second-order valence-corrected chi connectivity index (χ2v) is 21.9. The van der Waals surface area contributed by atoms with Gasteiger partial charge in [0.15, 0.2) is 0 Å². The lowest BCUT2D eigenvalue weighted by molar-refractivity contribution is 0.193. The van der Waals surface area contributed by atoms with Gasteiger partial charge in [-0.3, -0.25) is 9.80 Å². The van der Waals surface area contributed by atoms with Crippen LogP contribution < -0.4 is 4.90 Å². The Balaban J connectivity index is 0.000000166. The van der Waals surface area contributed by atoms with Gasteiger partial charge in [-0.15, -0.1) is 0 Å². The first-order valence-corrected chi connectivity index (χ1v) is 31.4. The molecule has 4 aromatic heterocycles. The first-order chi connectivity index (χ1) is 38.9. The van der Waals surface area contributed by atoms with E-state index in [-0.39, 0.29) is 0 Å². The summed E-state index contributed by atoms with van der Waals surface area (Å²) in [4.78, 5) is 7.56. The number of hydrogen-bond acceptors (Lipinski definition) is 3. The fourth-order valence-corrected chi connectivity index (χ4v) is 13.6. The summed E-state index contributed by atoms with van der Waals surface area (Å²) in [5.74, 6) is 1.68. The molecule has 3 aliphatic heterocycles. The number of likely N-dealkylation sites (N-methyl/N-ethyl adjacent to an activating group) is 1. The van der Waals surface area contributed by atoms with Crippen LogP contribution in [-0.2, 0) is 60.3 Å². The van der Waals surface area contributed by atoms with Gasteiger partial charge in [0, 0.05) is 132 Å². The Morgan fingerprint density at radius 1 is 0.425 bits per heavy atom. The second-order valence-electron chi connectivity index (χ2n) is 21.9. The normalized spacial score (nSPS) is 18.1. The van der Waals surface area contributed by atoms with Gasteiger partial charge in [0.05, 0.1) is 6.04 Å². The predicted octanol–water partition coefficient (Wildman–Crippen LogP) is 18.6. The summed E-state index contributed by atoms with van der Waals surface area (Å²) in [7, 11) is 11.0. The molecule has 9 aromatic rings. The molecule has 4 atom stereocenters. The Labute approximate surface area is 485 Å². The molecule has 0 saturated heterocycles. The Morgan fingerprint density at radius 2 is 0.812 bits per heavy atom. The molecule has 5 aromatic carbocycles. The lowest BCUT2D eigenvalue weighted by Crippen LogP contribution is -2.35. The maximum absolute atomic E-state index is 2.61. The van der Waals surface area contributed by atoms with Crippen molar-refractivity contribution in [3.05, 3.63) is 172 Å². The van der Waals surface area contributed by atoms with Crippen LogP contribution in [0.25, 0.3) is 43.6 Å². The SMILES string of the molecule is CC.CC.CC.CC.CC(C)C1CCc2c(c3ccccc3n2C)C1.CC1c2c(c3ccccc3n2C)CCN1C.CC1c2c(c3ccccc3n2C)CCN1c1ccccc1.CCCN1CCc2c(n(C)c3ccccc23)C1C. The van der Waals surface area contributed by atoms with Crippen molar-refractivity contribution in [2.75, 3.05) is 38.1 Å². The van der Waals surface area contributed by atoms with E-state index in [9.17, 15) is 0 Å². The van der Waals surface area contributed by atoms with Gasteiger partial charge in [-0.25, -0.2) is 0 Å². The fraction of sp³-hybridized carbons (Fsp3) is 0.479. The van der Waals surface area contributed by atoms with Crippen molar-refractivity contribution in [2.24, 2.45) is 40.0 Å². The van der Waals surface area contributed by atoms with Crippen LogP contribution in [0.15, 0.2) is 127 Å². The van der Waals surface area contributed by atoms with Crippen molar-refractivity contribution in [2.45, 2.75) is 160 Å². The molecule has 1 aliphatic carbocycles. The van der Waals surface area contributed by atoms with Crippen molar-refractivity contribution < 1.29 is 0 Å². The summed E-state index contributed by atoms with van der Waals surface area (Å²) in [6.07, 6.45) is 8.62. The third kappa shape index (κ3) is 12.7. The molecule has 0 bridgehead atoms. The molecule has 432 valence electrons. The van der Waals surface area contributed by atoms with E-state index in [1.54, 1.807) is 22.4 Å². The van der Waals surface area contributed by atoms with E-state index in [1.165, 1.54) is 130 Å². The van der Waals surface area contributed by atoms with Crippen LogP contribution in [0.2, 0.25) is 0 Å².